The van der Waals surface area contributed by atoms with Gasteiger partial charge in [0.2, 0.25) is 17.7 Å². The highest BCUT2D eigenvalue weighted by molar-refractivity contribution is 7.13. The van der Waals surface area contributed by atoms with Crippen LogP contribution >= 0.6 is 11.3 Å². The molecular formula is C26H36N4O4S. The lowest BCUT2D eigenvalue weighted by Gasteiger charge is -2.35. The number of carbonyl (C=O) groups is 3. The molecule has 1 aromatic heterocycles. The van der Waals surface area contributed by atoms with Crippen molar-refractivity contribution < 1.29 is 19.5 Å². The van der Waals surface area contributed by atoms with E-state index in [0.717, 1.165) is 21.7 Å². The first kappa shape index (κ1) is 28.2. The van der Waals surface area contributed by atoms with Gasteiger partial charge in [-0.3, -0.25) is 14.4 Å². The average molecular weight is 501 g/mol. The predicted octanol–water partition coefficient (Wildman–Crippen LogP) is 3.05. The van der Waals surface area contributed by atoms with Crippen molar-refractivity contribution in [3.05, 3.63) is 54.2 Å². The van der Waals surface area contributed by atoms with E-state index in [1.807, 2.05) is 57.5 Å². The van der Waals surface area contributed by atoms with Gasteiger partial charge in [-0.25, -0.2) is 4.98 Å². The number of likely N-dealkylation sites (tertiary alicyclic amines) is 1. The van der Waals surface area contributed by atoms with E-state index in [1.165, 1.54) is 11.8 Å². The third-order valence-corrected chi connectivity index (χ3v) is 6.73. The second kappa shape index (κ2) is 12.1. The molecule has 0 saturated carbocycles. The lowest BCUT2D eigenvalue weighted by Crippen LogP contribution is -2.57. The maximum Gasteiger partial charge on any atom is 0.246 e. The maximum atomic E-state index is 13.3. The van der Waals surface area contributed by atoms with E-state index in [0.29, 0.717) is 6.54 Å². The predicted molar refractivity (Wildman–Crippen MR) is 139 cm³/mol. The minimum absolute atomic E-state index is 0.0615. The van der Waals surface area contributed by atoms with Crippen LogP contribution in [0.1, 0.15) is 45.4 Å². The number of rotatable bonds is 6. The highest BCUT2D eigenvalue weighted by Gasteiger charge is 2.44. The fourth-order valence-electron chi connectivity index (χ4n) is 3.98. The van der Waals surface area contributed by atoms with Crippen LogP contribution in [0.25, 0.3) is 10.4 Å². The molecule has 1 aliphatic rings. The molecule has 1 saturated heterocycles. The Morgan fingerprint density at radius 3 is 2.37 bits per heavy atom. The van der Waals surface area contributed by atoms with Crippen LogP contribution in [0.2, 0.25) is 0 Å². The number of hydrogen-bond donors (Lipinski definition) is 3. The van der Waals surface area contributed by atoms with Gasteiger partial charge in [0.25, 0.3) is 0 Å². The molecule has 1 aliphatic heterocycles. The molecule has 3 atom stereocenters. The van der Waals surface area contributed by atoms with Crippen LogP contribution in [0.4, 0.5) is 0 Å². The van der Waals surface area contributed by atoms with E-state index in [4.69, 9.17) is 0 Å². The van der Waals surface area contributed by atoms with Crippen LogP contribution in [0.3, 0.4) is 0 Å². The number of nitrogens with one attached hydrogen (secondary N) is 2. The molecule has 0 aliphatic carbocycles. The normalized spacial score (nSPS) is 18.3. The zero-order valence-electron chi connectivity index (χ0n) is 21.1. The molecule has 35 heavy (non-hydrogen) atoms. The van der Waals surface area contributed by atoms with Gasteiger partial charge in [-0.05, 0) is 23.5 Å². The van der Waals surface area contributed by atoms with E-state index in [2.05, 4.69) is 28.8 Å². The molecule has 1 fully saturated rings. The minimum Gasteiger partial charge on any atom is -0.391 e. The highest BCUT2D eigenvalue weighted by Crippen LogP contribution is 2.28. The molecule has 0 spiro atoms. The summed E-state index contributed by atoms with van der Waals surface area (Å²) in [4.78, 5) is 44.7. The Labute approximate surface area is 211 Å². The smallest absolute Gasteiger partial charge is 0.246 e. The summed E-state index contributed by atoms with van der Waals surface area (Å²) in [6, 6.07) is 6.32. The maximum absolute atomic E-state index is 13.3. The fraction of sp³-hybridized carbons (Fsp3) is 0.462. The molecule has 3 amide bonds. The first-order valence-electron chi connectivity index (χ1n) is 11.5. The topological polar surface area (TPSA) is 112 Å². The molecule has 3 unspecified atom stereocenters. The third-order valence-electron chi connectivity index (χ3n) is 5.75. The quantitative estimate of drug-likeness (QED) is 0.528. The van der Waals surface area contributed by atoms with Crippen molar-refractivity contribution >= 4 is 29.1 Å². The van der Waals surface area contributed by atoms with E-state index in [1.54, 1.807) is 11.3 Å². The first-order chi connectivity index (χ1) is 16.5. The van der Waals surface area contributed by atoms with Crippen molar-refractivity contribution in [2.45, 2.75) is 65.8 Å². The van der Waals surface area contributed by atoms with Gasteiger partial charge in [0, 0.05) is 26.4 Å². The van der Waals surface area contributed by atoms with Crippen LogP contribution in [-0.4, -0.2) is 57.4 Å². The molecule has 0 bridgehead atoms. The summed E-state index contributed by atoms with van der Waals surface area (Å²) in [6.45, 7) is 15.3. The van der Waals surface area contributed by atoms with Crippen molar-refractivity contribution in [1.29, 1.82) is 0 Å². The van der Waals surface area contributed by atoms with Gasteiger partial charge in [-0.2, -0.15) is 0 Å². The number of benzene rings is 1. The van der Waals surface area contributed by atoms with Gasteiger partial charge in [-0.1, -0.05) is 45.0 Å². The summed E-state index contributed by atoms with van der Waals surface area (Å²) < 4.78 is 0. The molecular weight excluding hydrogens is 464 g/mol. The standard InChI is InChI=1S/C24H32N4O4S.C2H4/c1-14-20(33-13-26-14)17-8-6-16(7-9-17)11-25-22(31)19-10-18(30)12-28(19)23(32)21(24(3,4)5)27-15(2)29;1-2/h6-9,13,18-19,21,30H,10-12H2,1-5H3,(H,25,31)(H,27,29);1-2H2. The summed E-state index contributed by atoms with van der Waals surface area (Å²) in [7, 11) is 0. The Morgan fingerprint density at radius 2 is 1.86 bits per heavy atom. The van der Waals surface area contributed by atoms with Crippen molar-refractivity contribution in [3.63, 3.8) is 0 Å². The zero-order valence-corrected chi connectivity index (χ0v) is 21.9. The Balaban J connectivity index is 0.00000210. The van der Waals surface area contributed by atoms with Crippen LogP contribution in [0, 0.1) is 12.3 Å². The van der Waals surface area contributed by atoms with Crippen molar-refractivity contribution in [1.82, 2.24) is 20.5 Å². The summed E-state index contributed by atoms with van der Waals surface area (Å²) in [5, 5.41) is 15.8. The molecule has 2 heterocycles. The molecule has 3 N–H and O–H groups in total. The summed E-state index contributed by atoms with van der Waals surface area (Å²) in [6.07, 6.45) is -0.623. The lowest BCUT2D eigenvalue weighted by atomic mass is 9.85. The van der Waals surface area contributed by atoms with Crippen LogP contribution in [0.5, 0.6) is 0 Å². The first-order valence-corrected chi connectivity index (χ1v) is 12.4. The van der Waals surface area contributed by atoms with Gasteiger partial charge in [0.1, 0.15) is 12.1 Å². The number of hydrogen-bond acceptors (Lipinski definition) is 6. The second-order valence-corrected chi connectivity index (χ2v) is 10.4. The number of aliphatic hydroxyl groups excluding tert-OH is 1. The van der Waals surface area contributed by atoms with E-state index in [-0.39, 0.29) is 30.7 Å². The van der Waals surface area contributed by atoms with Gasteiger partial charge in [0.05, 0.1) is 22.2 Å². The molecule has 0 radical (unpaired) electrons. The summed E-state index contributed by atoms with van der Waals surface area (Å²) in [5.74, 6) is -1.00. The van der Waals surface area contributed by atoms with Crippen molar-refractivity contribution in [3.8, 4) is 10.4 Å². The Hall–Kier alpha value is -3.04. The van der Waals surface area contributed by atoms with Gasteiger partial charge in [0.15, 0.2) is 0 Å². The number of aryl methyl sites for hydroxylation is 1. The van der Waals surface area contributed by atoms with E-state index < -0.39 is 23.6 Å². The summed E-state index contributed by atoms with van der Waals surface area (Å²) in [5.41, 5.74) is 4.26. The van der Waals surface area contributed by atoms with Crippen molar-refractivity contribution in [2.24, 2.45) is 5.41 Å². The SMILES string of the molecule is C=C.CC(=O)NC(C(=O)N1CC(O)CC1C(=O)NCc1ccc(-c2scnc2C)cc1)C(C)(C)C. The van der Waals surface area contributed by atoms with E-state index >= 15 is 0 Å². The number of amides is 3. The number of aromatic nitrogens is 1. The van der Waals surface area contributed by atoms with Crippen LogP contribution in [0.15, 0.2) is 42.9 Å². The Kier molecular flexibility index (Phi) is 9.73. The van der Waals surface area contributed by atoms with Crippen LogP contribution in [-0.2, 0) is 20.9 Å². The lowest BCUT2D eigenvalue weighted by molar-refractivity contribution is -0.143. The molecule has 1 aromatic carbocycles. The fourth-order valence-corrected chi connectivity index (χ4v) is 4.80. The number of thiazole rings is 1. The number of β-amino-alcohol motifs (C(OH)–C–C–N with tert-alkyl or cyclic N) is 1. The monoisotopic (exact) mass is 500 g/mol. The number of aliphatic hydroxyl groups is 1. The van der Waals surface area contributed by atoms with E-state index in [9.17, 15) is 19.5 Å². The molecule has 2 aromatic rings. The number of nitrogens with zero attached hydrogens (tertiary/aromatic N) is 2. The largest absolute Gasteiger partial charge is 0.391 e. The van der Waals surface area contributed by atoms with Crippen molar-refractivity contribution in [2.75, 3.05) is 6.54 Å². The minimum atomic E-state index is -0.793. The summed E-state index contributed by atoms with van der Waals surface area (Å²) >= 11 is 1.59. The second-order valence-electron chi connectivity index (χ2n) is 9.58. The third kappa shape index (κ3) is 7.22. The molecule has 8 nitrogen and oxygen atoms in total. The highest BCUT2D eigenvalue weighted by atomic mass is 32.1. The zero-order chi connectivity index (χ0) is 26.3. The average Bonchev–Trinajstić information content (AvgIpc) is 3.41. The van der Waals surface area contributed by atoms with Gasteiger partial charge < -0.3 is 20.6 Å². The van der Waals surface area contributed by atoms with Gasteiger partial charge in [-0.15, -0.1) is 24.5 Å². The molecule has 190 valence electrons. The Bertz CT molecular complexity index is 1030. The van der Waals surface area contributed by atoms with Crippen LogP contribution < -0.4 is 10.6 Å². The number of carbonyl (C=O) groups excluding carboxylic acids is 3. The Morgan fingerprint density at radius 1 is 1.23 bits per heavy atom. The molecule has 9 heteroatoms. The molecule has 3 rings (SSSR count). The van der Waals surface area contributed by atoms with Gasteiger partial charge >= 0.3 is 0 Å².